The summed E-state index contributed by atoms with van der Waals surface area (Å²) in [7, 11) is 2.05. The van der Waals surface area contributed by atoms with Gasteiger partial charge in [-0.2, -0.15) is 0 Å². The van der Waals surface area contributed by atoms with E-state index in [1.54, 1.807) is 0 Å². The van der Waals surface area contributed by atoms with Crippen LogP contribution in [0.4, 0.5) is 0 Å². The zero-order chi connectivity index (χ0) is 8.97. The average molecular weight is 173 g/mol. The lowest BCUT2D eigenvalue weighted by Crippen LogP contribution is -2.50. The molecule has 0 aromatic heterocycles. The molecule has 0 aliphatic carbocycles. The number of aliphatic hydroxyl groups excluding tert-OH is 1. The van der Waals surface area contributed by atoms with E-state index in [1.165, 1.54) is 0 Å². The largest absolute Gasteiger partial charge is 0.391 e. The van der Waals surface area contributed by atoms with E-state index in [-0.39, 0.29) is 12.6 Å². The third kappa shape index (κ3) is 3.06. The van der Waals surface area contributed by atoms with Gasteiger partial charge in [0.15, 0.2) is 0 Å². The normalized spacial score (nSPS) is 28.8. The molecule has 1 fully saturated rings. The van der Waals surface area contributed by atoms with Crippen molar-refractivity contribution in [2.24, 2.45) is 0 Å². The standard InChI is InChI=1S/C8H17N2O2/c1-10-3-2-9-7(5-10)4-8(12)6-11/h7-9,12H,2-6H2,1H3. The van der Waals surface area contributed by atoms with Crippen LogP contribution < -0.4 is 5.32 Å². The van der Waals surface area contributed by atoms with E-state index in [2.05, 4.69) is 17.3 Å². The average Bonchev–Trinajstić information content (AvgIpc) is 2.04. The number of piperazine rings is 1. The molecular weight excluding hydrogens is 156 g/mol. The third-order valence-corrected chi connectivity index (χ3v) is 2.21. The molecule has 0 aromatic rings. The highest BCUT2D eigenvalue weighted by molar-refractivity contribution is 4.78. The summed E-state index contributed by atoms with van der Waals surface area (Å²) in [5, 5.41) is 22.7. The van der Waals surface area contributed by atoms with E-state index in [0.29, 0.717) is 6.42 Å². The summed E-state index contributed by atoms with van der Waals surface area (Å²) in [5.41, 5.74) is 0. The predicted molar refractivity (Wildman–Crippen MR) is 45.5 cm³/mol. The molecule has 12 heavy (non-hydrogen) atoms. The Bertz CT molecular complexity index is 132. The quantitative estimate of drug-likeness (QED) is 0.580. The molecule has 1 saturated heterocycles. The highest BCUT2D eigenvalue weighted by Gasteiger charge is 2.19. The van der Waals surface area contributed by atoms with Gasteiger partial charge in [0.25, 0.3) is 0 Å². The number of hydrogen-bond acceptors (Lipinski definition) is 3. The molecule has 2 atom stereocenters. The maximum Gasteiger partial charge on any atom is 0.108 e. The monoisotopic (exact) mass is 173 g/mol. The minimum atomic E-state index is -0.686. The molecule has 4 heteroatoms. The van der Waals surface area contributed by atoms with Gasteiger partial charge < -0.3 is 15.3 Å². The van der Waals surface area contributed by atoms with E-state index in [0.717, 1.165) is 19.6 Å². The molecule has 0 amide bonds. The second-order valence-corrected chi connectivity index (χ2v) is 3.47. The second-order valence-electron chi connectivity index (χ2n) is 3.47. The zero-order valence-corrected chi connectivity index (χ0v) is 7.49. The Kier molecular flexibility index (Phi) is 3.94. The smallest absolute Gasteiger partial charge is 0.108 e. The van der Waals surface area contributed by atoms with E-state index < -0.39 is 6.10 Å². The van der Waals surface area contributed by atoms with Crippen molar-refractivity contribution in [1.82, 2.24) is 10.2 Å². The summed E-state index contributed by atoms with van der Waals surface area (Å²) in [6, 6.07) is 0.285. The fraction of sp³-hybridized carbons (Fsp3) is 1.00. The van der Waals surface area contributed by atoms with Crippen LogP contribution in [0.1, 0.15) is 6.42 Å². The van der Waals surface area contributed by atoms with Crippen molar-refractivity contribution in [1.29, 1.82) is 0 Å². The van der Waals surface area contributed by atoms with Gasteiger partial charge in [0, 0.05) is 25.7 Å². The Hall–Kier alpha value is -0.160. The van der Waals surface area contributed by atoms with Gasteiger partial charge in [-0.25, -0.2) is 5.11 Å². The lowest BCUT2D eigenvalue weighted by molar-refractivity contribution is 0.0380. The lowest BCUT2D eigenvalue weighted by atomic mass is 10.1. The Morgan fingerprint density at radius 1 is 1.75 bits per heavy atom. The topological polar surface area (TPSA) is 55.4 Å². The molecule has 1 rings (SSSR count). The molecule has 1 aliphatic heterocycles. The van der Waals surface area contributed by atoms with Crippen LogP contribution in [-0.4, -0.2) is 55.4 Å². The van der Waals surface area contributed by atoms with E-state index in [1.807, 2.05) is 0 Å². The molecule has 0 aromatic carbocycles. The molecule has 71 valence electrons. The number of rotatable bonds is 3. The molecule has 2 N–H and O–H groups in total. The van der Waals surface area contributed by atoms with Crippen molar-refractivity contribution >= 4 is 0 Å². The Balaban J connectivity index is 2.22. The molecule has 0 spiro atoms. The summed E-state index contributed by atoms with van der Waals surface area (Å²) in [6.45, 7) is 2.54. The van der Waals surface area contributed by atoms with Crippen molar-refractivity contribution in [3.63, 3.8) is 0 Å². The van der Waals surface area contributed by atoms with Gasteiger partial charge >= 0.3 is 0 Å². The van der Waals surface area contributed by atoms with Gasteiger partial charge in [-0.05, 0) is 13.5 Å². The van der Waals surface area contributed by atoms with Gasteiger partial charge in [0.1, 0.15) is 6.61 Å². The van der Waals surface area contributed by atoms with Gasteiger partial charge in [-0.15, -0.1) is 0 Å². The van der Waals surface area contributed by atoms with Crippen LogP contribution in [0.3, 0.4) is 0 Å². The van der Waals surface area contributed by atoms with Crippen LogP contribution in [0.2, 0.25) is 0 Å². The molecule has 1 radical (unpaired) electrons. The molecule has 0 saturated carbocycles. The van der Waals surface area contributed by atoms with E-state index in [4.69, 9.17) is 5.11 Å². The fourth-order valence-electron chi connectivity index (χ4n) is 1.55. The first-order valence-corrected chi connectivity index (χ1v) is 4.40. The second kappa shape index (κ2) is 4.77. The zero-order valence-electron chi connectivity index (χ0n) is 7.49. The fourth-order valence-corrected chi connectivity index (χ4v) is 1.55. The number of nitrogens with one attached hydrogen (secondary N) is 1. The Morgan fingerprint density at radius 2 is 2.50 bits per heavy atom. The molecule has 0 bridgehead atoms. The SMILES string of the molecule is CN1CCNC(CC(O)C[O])C1. The Morgan fingerprint density at radius 3 is 3.08 bits per heavy atom. The molecule has 1 heterocycles. The number of aliphatic hydroxyl groups is 1. The molecule has 1 aliphatic rings. The first-order chi connectivity index (χ1) is 5.72. The molecule has 4 nitrogen and oxygen atoms in total. The van der Waals surface area contributed by atoms with Crippen molar-refractivity contribution in [3.05, 3.63) is 0 Å². The van der Waals surface area contributed by atoms with Crippen LogP contribution in [0, 0.1) is 0 Å². The van der Waals surface area contributed by atoms with Crippen molar-refractivity contribution in [3.8, 4) is 0 Å². The molecular formula is C8H17N2O2. The van der Waals surface area contributed by atoms with Crippen LogP contribution in [0.25, 0.3) is 0 Å². The van der Waals surface area contributed by atoms with E-state index >= 15 is 0 Å². The maximum atomic E-state index is 10.3. The van der Waals surface area contributed by atoms with Crippen LogP contribution in [0.5, 0.6) is 0 Å². The summed E-state index contributed by atoms with van der Waals surface area (Å²) in [6.07, 6.45) is -0.109. The predicted octanol–water partition coefficient (Wildman–Crippen LogP) is -0.928. The highest BCUT2D eigenvalue weighted by Crippen LogP contribution is 2.03. The van der Waals surface area contributed by atoms with Gasteiger partial charge in [0.2, 0.25) is 0 Å². The number of nitrogens with zero attached hydrogens (tertiary/aromatic N) is 1. The summed E-state index contributed by atoms with van der Waals surface area (Å²) in [4.78, 5) is 2.21. The third-order valence-electron chi connectivity index (χ3n) is 2.21. The van der Waals surface area contributed by atoms with Gasteiger partial charge in [-0.1, -0.05) is 0 Å². The minimum Gasteiger partial charge on any atom is -0.391 e. The lowest BCUT2D eigenvalue weighted by Gasteiger charge is -2.31. The van der Waals surface area contributed by atoms with Crippen LogP contribution >= 0.6 is 0 Å². The van der Waals surface area contributed by atoms with E-state index in [9.17, 15) is 5.11 Å². The van der Waals surface area contributed by atoms with Crippen molar-refractivity contribution in [2.45, 2.75) is 18.6 Å². The van der Waals surface area contributed by atoms with Crippen molar-refractivity contribution in [2.75, 3.05) is 33.3 Å². The number of likely N-dealkylation sites (N-methyl/N-ethyl adjacent to an activating group) is 1. The molecule has 2 unspecified atom stereocenters. The maximum absolute atomic E-state index is 10.3. The number of hydrogen-bond donors (Lipinski definition) is 2. The summed E-state index contributed by atoms with van der Waals surface area (Å²) < 4.78 is 0. The summed E-state index contributed by atoms with van der Waals surface area (Å²) in [5.74, 6) is 0. The summed E-state index contributed by atoms with van der Waals surface area (Å²) >= 11 is 0. The first-order valence-electron chi connectivity index (χ1n) is 4.40. The van der Waals surface area contributed by atoms with Gasteiger partial charge in [0.05, 0.1) is 6.10 Å². The highest BCUT2D eigenvalue weighted by atomic mass is 16.3. The minimum absolute atomic E-state index is 0.285. The van der Waals surface area contributed by atoms with Crippen LogP contribution in [0.15, 0.2) is 0 Å². The Labute approximate surface area is 73.2 Å². The van der Waals surface area contributed by atoms with Gasteiger partial charge in [-0.3, -0.25) is 0 Å². The first kappa shape index (κ1) is 9.92. The van der Waals surface area contributed by atoms with Crippen molar-refractivity contribution < 1.29 is 10.2 Å². The van der Waals surface area contributed by atoms with Crippen LogP contribution in [-0.2, 0) is 5.11 Å².